The van der Waals surface area contributed by atoms with Crippen molar-refractivity contribution in [2.45, 2.75) is 31.1 Å². The number of sulfone groups is 1. The van der Waals surface area contributed by atoms with Gasteiger partial charge in [0.25, 0.3) is 0 Å². The molecule has 0 saturated carbocycles. The van der Waals surface area contributed by atoms with Gasteiger partial charge in [-0.1, -0.05) is 36.4 Å². The highest BCUT2D eigenvalue weighted by molar-refractivity contribution is 7.90. The van der Waals surface area contributed by atoms with Gasteiger partial charge >= 0.3 is 5.69 Å². The van der Waals surface area contributed by atoms with Crippen LogP contribution in [0.3, 0.4) is 0 Å². The van der Waals surface area contributed by atoms with E-state index in [1.807, 2.05) is 31.2 Å². The van der Waals surface area contributed by atoms with Crippen LogP contribution >= 0.6 is 0 Å². The predicted octanol–water partition coefficient (Wildman–Crippen LogP) is 3.20. The molecule has 29 heavy (non-hydrogen) atoms. The van der Waals surface area contributed by atoms with Gasteiger partial charge in [-0.25, -0.2) is 18.2 Å². The van der Waals surface area contributed by atoms with E-state index in [1.54, 1.807) is 31.2 Å². The normalized spacial score (nSPS) is 12.5. The summed E-state index contributed by atoms with van der Waals surface area (Å²) < 4.78 is 23.6. The highest BCUT2D eigenvalue weighted by atomic mass is 32.2. The smallest absolute Gasteiger partial charge is 0.309 e. The third-order valence-electron chi connectivity index (χ3n) is 4.97. The first-order chi connectivity index (χ1) is 13.7. The molecule has 3 aromatic rings. The number of benzene rings is 2. The molecule has 1 aromatic heterocycles. The van der Waals surface area contributed by atoms with Crippen molar-refractivity contribution in [2.24, 2.45) is 0 Å². The summed E-state index contributed by atoms with van der Waals surface area (Å²) in [6.45, 7) is 3.64. The van der Waals surface area contributed by atoms with E-state index in [4.69, 9.17) is 0 Å². The van der Waals surface area contributed by atoms with Gasteiger partial charge in [-0.05, 0) is 42.7 Å². The molecule has 0 aliphatic heterocycles. The van der Waals surface area contributed by atoms with Gasteiger partial charge in [0.1, 0.15) is 0 Å². The molecule has 0 spiro atoms. The Morgan fingerprint density at radius 1 is 1.07 bits per heavy atom. The Morgan fingerprint density at radius 3 is 2.31 bits per heavy atom. The molecule has 7 heteroatoms. The van der Waals surface area contributed by atoms with Crippen molar-refractivity contribution in [2.75, 3.05) is 6.26 Å². The lowest BCUT2D eigenvalue weighted by atomic mass is 9.84. The number of carbonyl (C=O) groups excluding carboxylic acids is 1. The maximum atomic E-state index is 13.0. The van der Waals surface area contributed by atoms with Gasteiger partial charge in [0.15, 0.2) is 15.6 Å². The first kappa shape index (κ1) is 20.7. The number of carbonyl (C=O) groups is 1. The lowest BCUT2D eigenvalue weighted by Crippen LogP contribution is -2.17. The van der Waals surface area contributed by atoms with Gasteiger partial charge in [0.05, 0.1) is 10.5 Å². The van der Waals surface area contributed by atoms with Crippen LogP contribution in [0.15, 0.2) is 64.4 Å². The largest absolute Gasteiger partial charge is 0.345 e. The van der Waals surface area contributed by atoms with E-state index in [-0.39, 0.29) is 23.0 Å². The number of rotatable bonds is 6. The molecule has 3 rings (SSSR count). The van der Waals surface area contributed by atoms with Crippen LogP contribution in [0, 0.1) is 13.8 Å². The summed E-state index contributed by atoms with van der Waals surface area (Å²) in [7, 11) is -3.30. The van der Waals surface area contributed by atoms with Crippen molar-refractivity contribution < 1.29 is 13.2 Å². The standard InChI is InChI=1S/C22H22N2O4S/c1-14-6-4-5-7-18(14)19(16-8-10-17(11-9-16)29(3,27)28)12-21(25)20-13-23-22(26)24-15(20)2/h4-11,13,19H,12H2,1-3H3,(H,23,24,26). The van der Waals surface area contributed by atoms with Gasteiger partial charge in [0, 0.05) is 30.5 Å². The lowest BCUT2D eigenvalue weighted by Gasteiger charge is -2.20. The zero-order valence-corrected chi connectivity index (χ0v) is 17.3. The predicted molar refractivity (Wildman–Crippen MR) is 111 cm³/mol. The Labute approximate surface area is 169 Å². The van der Waals surface area contributed by atoms with Gasteiger partial charge in [0.2, 0.25) is 0 Å². The van der Waals surface area contributed by atoms with E-state index >= 15 is 0 Å². The molecule has 0 bridgehead atoms. The second kappa shape index (κ2) is 8.13. The van der Waals surface area contributed by atoms with E-state index in [0.717, 1.165) is 22.9 Å². The molecule has 1 N–H and O–H groups in total. The van der Waals surface area contributed by atoms with Crippen molar-refractivity contribution in [1.82, 2.24) is 9.97 Å². The maximum Gasteiger partial charge on any atom is 0.345 e. The van der Waals surface area contributed by atoms with Gasteiger partial charge in [-0.15, -0.1) is 0 Å². The van der Waals surface area contributed by atoms with Crippen molar-refractivity contribution in [1.29, 1.82) is 0 Å². The Balaban J connectivity index is 2.03. The third-order valence-corrected chi connectivity index (χ3v) is 6.10. The average Bonchev–Trinajstić information content (AvgIpc) is 2.66. The molecule has 0 saturated heterocycles. The molecule has 0 radical (unpaired) electrons. The zero-order valence-electron chi connectivity index (χ0n) is 16.5. The summed E-state index contributed by atoms with van der Waals surface area (Å²) in [6.07, 6.45) is 2.63. The van der Waals surface area contributed by atoms with Crippen LogP contribution in [0.1, 0.15) is 45.1 Å². The lowest BCUT2D eigenvalue weighted by molar-refractivity contribution is 0.0976. The molecule has 0 aliphatic carbocycles. The first-order valence-electron chi connectivity index (χ1n) is 9.11. The second-order valence-corrected chi connectivity index (χ2v) is 9.12. The zero-order chi connectivity index (χ0) is 21.2. The number of aromatic nitrogens is 2. The summed E-state index contributed by atoms with van der Waals surface area (Å²) >= 11 is 0. The van der Waals surface area contributed by atoms with Crippen molar-refractivity contribution in [3.63, 3.8) is 0 Å². The molecule has 1 atom stereocenters. The molecular formula is C22H22N2O4S. The Hall–Kier alpha value is -3.06. The fourth-order valence-corrected chi connectivity index (χ4v) is 4.02. The van der Waals surface area contributed by atoms with E-state index in [0.29, 0.717) is 11.3 Å². The minimum Gasteiger partial charge on any atom is -0.309 e. The molecule has 6 nitrogen and oxygen atoms in total. The third kappa shape index (κ3) is 4.68. The molecule has 0 aliphatic rings. The van der Waals surface area contributed by atoms with Crippen molar-refractivity contribution >= 4 is 15.6 Å². The second-order valence-electron chi connectivity index (χ2n) is 7.10. The Kier molecular flexibility index (Phi) is 5.79. The monoisotopic (exact) mass is 410 g/mol. The summed E-state index contributed by atoms with van der Waals surface area (Å²) in [5.41, 5.74) is 3.22. The molecule has 2 aromatic carbocycles. The maximum absolute atomic E-state index is 13.0. The van der Waals surface area contributed by atoms with Crippen LogP contribution in [0.2, 0.25) is 0 Å². The van der Waals surface area contributed by atoms with Gasteiger partial charge in [-0.3, -0.25) is 4.79 Å². The van der Waals surface area contributed by atoms with E-state index in [9.17, 15) is 18.0 Å². The Morgan fingerprint density at radius 2 is 1.72 bits per heavy atom. The topological polar surface area (TPSA) is 97.0 Å². The molecule has 1 unspecified atom stereocenters. The fraction of sp³-hybridized carbons (Fsp3) is 0.227. The fourth-order valence-electron chi connectivity index (χ4n) is 3.39. The molecule has 0 amide bonds. The number of Topliss-reactive ketones (excluding diaryl/α,β-unsaturated/α-hetero) is 1. The van der Waals surface area contributed by atoms with Gasteiger partial charge in [-0.2, -0.15) is 0 Å². The van der Waals surface area contributed by atoms with Gasteiger partial charge < -0.3 is 4.98 Å². The number of nitrogens with one attached hydrogen (secondary N) is 1. The number of nitrogens with zero attached hydrogens (tertiary/aromatic N) is 1. The van der Waals surface area contributed by atoms with Crippen LogP contribution < -0.4 is 5.69 Å². The summed E-state index contributed by atoms with van der Waals surface area (Å²) in [5.74, 6) is -0.407. The highest BCUT2D eigenvalue weighted by Gasteiger charge is 2.22. The molecule has 0 fully saturated rings. The first-order valence-corrected chi connectivity index (χ1v) is 11.0. The quantitative estimate of drug-likeness (QED) is 0.630. The minimum atomic E-state index is -3.30. The molecular weight excluding hydrogens is 388 g/mol. The number of aryl methyl sites for hydroxylation is 2. The Bertz CT molecular complexity index is 1210. The minimum absolute atomic E-state index is 0.147. The van der Waals surface area contributed by atoms with Crippen LogP contribution in [0.4, 0.5) is 0 Å². The number of ketones is 1. The average molecular weight is 410 g/mol. The summed E-state index contributed by atoms with van der Waals surface area (Å²) in [4.78, 5) is 30.8. The van der Waals surface area contributed by atoms with E-state index < -0.39 is 15.5 Å². The van der Waals surface area contributed by atoms with Crippen LogP contribution in [0.5, 0.6) is 0 Å². The van der Waals surface area contributed by atoms with E-state index in [1.165, 1.54) is 6.20 Å². The summed E-state index contributed by atoms with van der Waals surface area (Å²) in [6, 6.07) is 14.4. The molecule has 1 heterocycles. The van der Waals surface area contributed by atoms with Crippen molar-refractivity contribution in [3.8, 4) is 0 Å². The SMILES string of the molecule is Cc1ccccc1C(CC(=O)c1cnc(=O)[nH]c1C)c1ccc(S(C)(=O)=O)cc1. The number of hydrogen-bond acceptors (Lipinski definition) is 5. The van der Waals surface area contributed by atoms with Crippen molar-refractivity contribution in [3.05, 3.63) is 93.2 Å². The van der Waals surface area contributed by atoms with Crippen LogP contribution in [-0.4, -0.2) is 30.4 Å². The molecule has 150 valence electrons. The summed E-state index contributed by atoms with van der Waals surface area (Å²) in [5, 5.41) is 0. The number of H-pyrrole nitrogens is 1. The van der Waals surface area contributed by atoms with Crippen LogP contribution in [0.25, 0.3) is 0 Å². The number of hydrogen-bond donors (Lipinski definition) is 1. The highest BCUT2D eigenvalue weighted by Crippen LogP contribution is 2.32. The number of aromatic amines is 1. The van der Waals surface area contributed by atoms with Crippen LogP contribution in [-0.2, 0) is 9.84 Å². The van der Waals surface area contributed by atoms with E-state index in [2.05, 4.69) is 9.97 Å².